The molecule has 4 rings (SSSR count). The van der Waals surface area contributed by atoms with E-state index in [9.17, 15) is 4.79 Å². The van der Waals surface area contributed by atoms with Crippen molar-refractivity contribution in [1.29, 1.82) is 0 Å². The molecule has 1 atom stereocenters. The topological polar surface area (TPSA) is 38.1 Å². The highest BCUT2D eigenvalue weighted by atomic mass is 16.2. The molecule has 2 heterocycles. The van der Waals surface area contributed by atoms with Crippen LogP contribution in [0.15, 0.2) is 48.7 Å². The molecule has 0 radical (unpaired) electrons. The van der Waals surface area contributed by atoms with Crippen molar-refractivity contribution in [2.75, 3.05) is 13.1 Å². The Morgan fingerprint density at radius 1 is 1.19 bits per heavy atom. The van der Waals surface area contributed by atoms with Gasteiger partial charge in [-0.15, -0.1) is 0 Å². The van der Waals surface area contributed by atoms with Crippen molar-refractivity contribution < 1.29 is 4.79 Å². The van der Waals surface area contributed by atoms with Crippen LogP contribution in [-0.4, -0.2) is 33.4 Å². The number of carbonyl (C=O) groups is 1. The Labute approximate surface area is 154 Å². The molecule has 0 aliphatic carbocycles. The predicted molar refractivity (Wildman–Crippen MR) is 104 cm³/mol. The molecule has 4 heteroatoms. The highest BCUT2D eigenvalue weighted by Crippen LogP contribution is 2.26. The van der Waals surface area contributed by atoms with Gasteiger partial charge in [0.05, 0.1) is 12.1 Å². The predicted octanol–water partition coefficient (Wildman–Crippen LogP) is 3.83. The molecule has 1 saturated heterocycles. The molecule has 1 amide bonds. The lowest BCUT2D eigenvalue weighted by atomic mass is 9.96. The summed E-state index contributed by atoms with van der Waals surface area (Å²) < 4.78 is 2.11. The fourth-order valence-corrected chi connectivity index (χ4v) is 4.06. The Bertz CT molecular complexity index is 943. The first-order valence-corrected chi connectivity index (χ1v) is 9.35. The van der Waals surface area contributed by atoms with Gasteiger partial charge in [-0.3, -0.25) is 4.79 Å². The summed E-state index contributed by atoms with van der Waals surface area (Å²) in [5.74, 6) is 1.66. The van der Waals surface area contributed by atoms with Crippen molar-refractivity contribution in [3.63, 3.8) is 0 Å². The number of imidazole rings is 1. The number of carbonyl (C=O) groups excluding carboxylic acids is 1. The zero-order chi connectivity index (χ0) is 18.1. The molecule has 0 N–H and O–H groups in total. The first kappa shape index (κ1) is 16.8. The second-order valence-corrected chi connectivity index (χ2v) is 7.39. The monoisotopic (exact) mass is 347 g/mol. The van der Waals surface area contributed by atoms with Crippen LogP contribution >= 0.6 is 0 Å². The lowest BCUT2D eigenvalue weighted by Crippen LogP contribution is -2.40. The quantitative estimate of drug-likeness (QED) is 0.722. The van der Waals surface area contributed by atoms with Crippen molar-refractivity contribution in [2.24, 2.45) is 7.05 Å². The Hall–Kier alpha value is -2.62. The fraction of sp³-hybridized carbons (Fsp3) is 0.364. The summed E-state index contributed by atoms with van der Waals surface area (Å²) in [7, 11) is 2.05. The van der Waals surface area contributed by atoms with Gasteiger partial charge in [0.15, 0.2) is 0 Å². The number of benzene rings is 2. The van der Waals surface area contributed by atoms with Crippen LogP contribution in [-0.2, 0) is 18.3 Å². The number of aryl methyl sites for hydroxylation is 2. The summed E-state index contributed by atoms with van der Waals surface area (Å²) in [6.07, 6.45) is 4.67. The van der Waals surface area contributed by atoms with E-state index in [0.717, 1.165) is 43.0 Å². The van der Waals surface area contributed by atoms with E-state index in [1.54, 1.807) is 0 Å². The Morgan fingerprint density at radius 3 is 2.77 bits per heavy atom. The standard InChI is InChI=1S/C22H25N3O/c1-16-14-24(2)22(23-16)20-8-5-11-25(15-20)21(26)13-17-9-10-18-6-3-4-7-19(18)12-17/h3-4,6-7,9-10,12,14,20H,5,8,11,13,15H2,1-2H3/t20-/m1/s1. The fourth-order valence-electron chi connectivity index (χ4n) is 4.06. The molecule has 4 nitrogen and oxygen atoms in total. The molecule has 26 heavy (non-hydrogen) atoms. The van der Waals surface area contributed by atoms with Gasteiger partial charge in [-0.1, -0.05) is 42.5 Å². The summed E-state index contributed by atoms with van der Waals surface area (Å²) in [4.78, 5) is 19.6. The minimum absolute atomic E-state index is 0.218. The van der Waals surface area contributed by atoms with Crippen molar-refractivity contribution in [3.05, 3.63) is 65.7 Å². The summed E-state index contributed by atoms with van der Waals surface area (Å²) in [5.41, 5.74) is 2.13. The SMILES string of the molecule is Cc1cn(C)c([C@@H]2CCCN(C(=O)Cc3ccc4ccccc4c3)C2)n1. The van der Waals surface area contributed by atoms with Gasteiger partial charge < -0.3 is 9.47 Å². The zero-order valence-corrected chi connectivity index (χ0v) is 15.5. The molecule has 0 bridgehead atoms. The Kier molecular flexibility index (Phi) is 4.49. The molecular weight excluding hydrogens is 322 g/mol. The smallest absolute Gasteiger partial charge is 0.227 e. The molecule has 2 aromatic carbocycles. The molecule has 134 valence electrons. The first-order chi connectivity index (χ1) is 12.6. The third-order valence-electron chi connectivity index (χ3n) is 5.34. The maximum Gasteiger partial charge on any atom is 0.227 e. The average molecular weight is 347 g/mol. The minimum Gasteiger partial charge on any atom is -0.342 e. The summed E-state index contributed by atoms with van der Waals surface area (Å²) >= 11 is 0. The highest BCUT2D eigenvalue weighted by Gasteiger charge is 2.27. The molecule has 1 aliphatic rings. The van der Waals surface area contributed by atoms with Gasteiger partial charge in [0.2, 0.25) is 5.91 Å². The number of amides is 1. The molecule has 0 spiro atoms. The number of hydrogen-bond acceptors (Lipinski definition) is 2. The largest absolute Gasteiger partial charge is 0.342 e. The van der Waals surface area contributed by atoms with Crippen LogP contribution in [0.2, 0.25) is 0 Å². The molecule has 0 saturated carbocycles. The molecule has 3 aromatic rings. The third-order valence-corrected chi connectivity index (χ3v) is 5.34. The van der Waals surface area contributed by atoms with Gasteiger partial charge in [-0.05, 0) is 36.1 Å². The Balaban J connectivity index is 1.47. The van der Waals surface area contributed by atoms with Crippen LogP contribution in [0.1, 0.15) is 35.8 Å². The summed E-state index contributed by atoms with van der Waals surface area (Å²) in [5, 5.41) is 2.41. The number of rotatable bonds is 3. The van der Waals surface area contributed by atoms with Crippen molar-refractivity contribution in [1.82, 2.24) is 14.5 Å². The molecule has 1 fully saturated rings. The number of nitrogens with zero attached hydrogens (tertiary/aromatic N) is 3. The Morgan fingerprint density at radius 2 is 2.00 bits per heavy atom. The van der Waals surface area contributed by atoms with Gasteiger partial charge in [-0.25, -0.2) is 4.98 Å². The van der Waals surface area contributed by atoms with Crippen LogP contribution in [0.25, 0.3) is 10.8 Å². The molecule has 1 aliphatic heterocycles. The lowest BCUT2D eigenvalue weighted by Gasteiger charge is -2.32. The van der Waals surface area contributed by atoms with Gasteiger partial charge in [0.1, 0.15) is 5.82 Å². The summed E-state index contributed by atoms with van der Waals surface area (Å²) in [6.45, 7) is 3.65. The van der Waals surface area contributed by atoms with E-state index < -0.39 is 0 Å². The van der Waals surface area contributed by atoms with E-state index in [0.29, 0.717) is 12.3 Å². The molecule has 0 unspecified atom stereocenters. The number of likely N-dealkylation sites (tertiary alicyclic amines) is 1. The van der Waals surface area contributed by atoms with Crippen LogP contribution in [0.3, 0.4) is 0 Å². The number of hydrogen-bond donors (Lipinski definition) is 0. The van der Waals surface area contributed by atoms with E-state index in [1.165, 1.54) is 10.8 Å². The highest BCUT2D eigenvalue weighted by molar-refractivity contribution is 5.85. The maximum absolute atomic E-state index is 12.9. The second-order valence-electron chi connectivity index (χ2n) is 7.39. The summed E-state index contributed by atoms with van der Waals surface area (Å²) in [6, 6.07) is 14.6. The van der Waals surface area contributed by atoms with Crippen molar-refractivity contribution in [3.8, 4) is 0 Å². The van der Waals surface area contributed by atoms with Crippen molar-refractivity contribution in [2.45, 2.75) is 32.1 Å². The number of aromatic nitrogens is 2. The van der Waals surface area contributed by atoms with Gasteiger partial charge in [-0.2, -0.15) is 0 Å². The maximum atomic E-state index is 12.9. The van der Waals surface area contributed by atoms with Gasteiger partial charge in [0.25, 0.3) is 0 Å². The number of piperidine rings is 1. The number of fused-ring (bicyclic) bond motifs is 1. The lowest BCUT2D eigenvalue weighted by molar-refractivity contribution is -0.131. The van der Waals surface area contributed by atoms with E-state index in [-0.39, 0.29) is 5.91 Å². The van der Waals surface area contributed by atoms with E-state index in [4.69, 9.17) is 0 Å². The van der Waals surface area contributed by atoms with Crippen LogP contribution in [0, 0.1) is 6.92 Å². The van der Waals surface area contributed by atoms with Crippen LogP contribution < -0.4 is 0 Å². The first-order valence-electron chi connectivity index (χ1n) is 9.35. The second kappa shape index (κ2) is 6.94. The van der Waals surface area contributed by atoms with Crippen LogP contribution in [0.5, 0.6) is 0 Å². The van der Waals surface area contributed by atoms with Crippen LogP contribution in [0.4, 0.5) is 0 Å². The van der Waals surface area contributed by atoms with E-state index >= 15 is 0 Å². The van der Waals surface area contributed by atoms with Gasteiger partial charge >= 0.3 is 0 Å². The van der Waals surface area contributed by atoms with Crippen molar-refractivity contribution >= 4 is 16.7 Å². The average Bonchev–Trinajstić information content (AvgIpc) is 3.00. The van der Waals surface area contributed by atoms with Gasteiger partial charge in [0, 0.05) is 32.3 Å². The third kappa shape index (κ3) is 3.36. The zero-order valence-electron chi connectivity index (χ0n) is 15.5. The normalized spacial score (nSPS) is 17.6. The van der Waals surface area contributed by atoms with E-state index in [1.807, 2.05) is 31.0 Å². The van der Waals surface area contributed by atoms with E-state index in [2.05, 4.69) is 46.1 Å². The molecule has 1 aromatic heterocycles. The molecular formula is C22H25N3O. The minimum atomic E-state index is 0.218.